The van der Waals surface area contributed by atoms with Crippen LogP contribution in [0.15, 0.2) is 65.3 Å². The highest BCUT2D eigenvalue weighted by molar-refractivity contribution is 6.09. The number of rotatable bonds is 7. The first-order valence-corrected chi connectivity index (χ1v) is 7.74. The highest BCUT2D eigenvalue weighted by atomic mass is 16.5. The zero-order valence-corrected chi connectivity index (χ0v) is 14.0. The second-order valence-electron chi connectivity index (χ2n) is 5.28. The van der Waals surface area contributed by atoms with Crippen LogP contribution in [0.4, 0.5) is 0 Å². The summed E-state index contributed by atoms with van der Waals surface area (Å²) in [6.45, 7) is 0.328. The van der Waals surface area contributed by atoms with E-state index in [0.717, 1.165) is 5.56 Å². The van der Waals surface area contributed by atoms with Crippen LogP contribution in [0, 0.1) is 0 Å². The van der Waals surface area contributed by atoms with Crippen LogP contribution in [0.5, 0.6) is 17.2 Å². The van der Waals surface area contributed by atoms with E-state index in [0.29, 0.717) is 29.4 Å². The number of furan rings is 1. The SMILES string of the molecule is COc1cc(OCc2ccccc2)c(C(=O)c2ccco2)cc1OC. The molecule has 0 aliphatic rings. The lowest BCUT2D eigenvalue weighted by atomic mass is 10.1. The number of ether oxygens (including phenoxy) is 3. The Labute approximate surface area is 145 Å². The van der Waals surface area contributed by atoms with Gasteiger partial charge in [-0.05, 0) is 23.8 Å². The average molecular weight is 338 g/mol. The summed E-state index contributed by atoms with van der Waals surface area (Å²) in [5, 5.41) is 0. The van der Waals surface area contributed by atoms with Crippen LogP contribution in [0.1, 0.15) is 21.7 Å². The number of methoxy groups -OCH3 is 2. The molecular formula is C20H18O5. The van der Waals surface area contributed by atoms with Crippen LogP contribution in [0.25, 0.3) is 0 Å². The number of hydrogen-bond acceptors (Lipinski definition) is 5. The van der Waals surface area contributed by atoms with Gasteiger partial charge in [-0.2, -0.15) is 0 Å². The van der Waals surface area contributed by atoms with E-state index in [1.807, 2.05) is 30.3 Å². The predicted octanol–water partition coefficient (Wildman–Crippen LogP) is 4.11. The quantitative estimate of drug-likeness (QED) is 0.607. The molecular weight excluding hydrogens is 320 g/mol. The molecule has 128 valence electrons. The maximum absolute atomic E-state index is 12.7. The van der Waals surface area contributed by atoms with E-state index in [4.69, 9.17) is 18.6 Å². The smallest absolute Gasteiger partial charge is 0.232 e. The second kappa shape index (κ2) is 7.57. The molecule has 25 heavy (non-hydrogen) atoms. The third-order valence-corrected chi connectivity index (χ3v) is 3.71. The van der Waals surface area contributed by atoms with Gasteiger partial charge in [-0.3, -0.25) is 4.79 Å². The van der Waals surface area contributed by atoms with Crippen molar-refractivity contribution in [2.24, 2.45) is 0 Å². The first-order valence-electron chi connectivity index (χ1n) is 7.74. The van der Waals surface area contributed by atoms with Gasteiger partial charge in [0.1, 0.15) is 12.4 Å². The molecule has 2 aromatic carbocycles. The summed E-state index contributed by atoms with van der Waals surface area (Å²) in [5.74, 6) is 1.29. The zero-order valence-electron chi connectivity index (χ0n) is 14.0. The Bertz CT molecular complexity index is 838. The molecule has 5 heteroatoms. The van der Waals surface area contributed by atoms with Gasteiger partial charge in [0.2, 0.25) is 5.78 Å². The summed E-state index contributed by atoms with van der Waals surface area (Å²) in [4.78, 5) is 12.7. The maximum Gasteiger partial charge on any atom is 0.232 e. The molecule has 1 aromatic heterocycles. The zero-order chi connectivity index (χ0) is 17.6. The van der Waals surface area contributed by atoms with Gasteiger partial charge in [0.15, 0.2) is 17.3 Å². The molecule has 0 fully saturated rings. The topological polar surface area (TPSA) is 57.9 Å². The minimum absolute atomic E-state index is 0.233. The third kappa shape index (κ3) is 3.66. The Morgan fingerprint density at radius 2 is 1.64 bits per heavy atom. The molecule has 0 N–H and O–H groups in total. The lowest BCUT2D eigenvalue weighted by Gasteiger charge is -2.15. The fraction of sp³-hybridized carbons (Fsp3) is 0.150. The molecule has 3 aromatic rings. The number of hydrogen-bond donors (Lipinski definition) is 0. The van der Waals surface area contributed by atoms with Crippen molar-refractivity contribution in [3.63, 3.8) is 0 Å². The van der Waals surface area contributed by atoms with Crippen LogP contribution in [0.3, 0.4) is 0 Å². The van der Waals surface area contributed by atoms with Crippen molar-refractivity contribution in [2.45, 2.75) is 6.61 Å². The van der Waals surface area contributed by atoms with Crippen LogP contribution < -0.4 is 14.2 Å². The molecule has 0 unspecified atom stereocenters. The second-order valence-corrected chi connectivity index (χ2v) is 5.28. The fourth-order valence-electron chi connectivity index (χ4n) is 2.43. The average Bonchev–Trinajstić information content (AvgIpc) is 3.20. The van der Waals surface area contributed by atoms with Crippen molar-refractivity contribution < 1.29 is 23.4 Å². The normalized spacial score (nSPS) is 10.3. The van der Waals surface area contributed by atoms with Crippen molar-refractivity contribution in [3.05, 3.63) is 77.7 Å². The number of carbonyl (C=O) groups excluding carboxylic acids is 1. The van der Waals surface area contributed by atoms with Gasteiger partial charge in [-0.1, -0.05) is 30.3 Å². The fourth-order valence-corrected chi connectivity index (χ4v) is 2.43. The Kier molecular flexibility index (Phi) is 5.04. The Morgan fingerprint density at radius 1 is 0.920 bits per heavy atom. The molecule has 0 atom stereocenters. The third-order valence-electron chi connectivity index (χ3n) is 3.71. The lowest BCUT2D eigenvalue weighted by molar-refractivity contribution is 0.100. The van der Waals surface area contributed by atoms with E-state index in [1.165, 1.54) is 20.5 Å². The molecule has 0 saturated heterocycles. The van der Waals surface area contributed by atoms with Crippen molar-refractivity contribution in [2.75, 3.05) is 14.2 Å². The Morgan fingerprint density at radius 3 is 2.28 bits per heavy atom. The monoisotopic (exact) mass is 338 g/mol. The largest absolute Gasteiger partial charge is 0.493 e. The van der Waals surface area contributed by atoms with Crippen molar-refractivity contribution in [1.29, 1.82) is 0 Å². The molecule has 0 spiro atoms. The molecule has 0 saturated carbocycles. The summed E-state index contributed by atoms with van der Waals surface area (Å²) in [7, 11) is 3.05. The predicted molar refractivity (Wildman–Crippen MR) is 92.5 cm³/mol. The van der Waals surface area contributed by atoms with Gasteiger partial charge in [-0.25, -0.2) is 0 Å². The van der Waals surface area contributed by atoms with Crippen LogP contribution >= 0.6 is 0 Å². The summed E-state index contributed by atoms with van der Waals surface area (Å²) in [6.07, 6.45) is 1.46. The van der Waals surface area contributed by atoms with Gasteiger partial charge >= 0.3 is 0 Å². The van der Waals surface area contributed by atoms with Crippen LogP contribution in [-0.2, 0) is 6.61 Å². The maximum atomic E-state index is 12.7. The van der Waals surface area contributed by atoms with E-state index in [-0.39, 0.29) is 11.5 Å². The first-order chi connectivity index (χ1) is 12.2. The van der Waals surface area contributed by atoms with Crippen molar-refractivity contribution in [1.82, 2.24) is 0 Å². The highest BCUT2D eigenvalue weighted by Gasteiger charge is 2.21. The number of carbonyl (C=O) groups is 1. The van der Waals surface area contributed by atoms with Gasteiger partial charge in [0.05, 0.1) is 26.0 Å². The van der Waals surface area contributed by atoms with Crippen molar-refractivity contribution >= 4 is 5.78 Å². The van der Waals surface area contributed by atoms with E-state index < -0.39 is 0 Å². The number of benzene rings is 2. The van der Waals surface area contributed by atoms with E-state index in [2.05, 4.69) is 0 Å². The van der Waals surface area contributed by atoms with Gasteiger partial charge in [-0.15, -0.1) is 0 Å². The van der Waals surface area contributed by atoms with E-state index in [1.54, 1.807) is 24.3 Å². The lowest BCUT2D eigenvalue weighted by Crippen LogP contribution is -2.06. The number of ketones is 1. The van der Waals surface area contributed by atoms with Crippen LogP contribution in [-0.4, -0.2) is 20.0 Å². The molecule has 0 bridgehead atoms. The summed E-state index contributed by atoms with van der Waals surface area (Å²) >= 11 is 0. The molecule has 0 radical (unpaired) electrons. The Balaban J connectivity index is 1.97. The summed E-state index contributed by atoms with van der Waals surface area (Å²) in [6, 6.07) is 16.2. The molecule has 1 heterocycles. The van der Waals surface area contributed by atoms with Crippen LogP contribution in [0.2, 0.25) is 0 Å². The summed E-state index contributed by atoms with van der Waals surface area (Å²) in [5.41, 5.74) is 1.34. The van der Waals surface area contributed by atoms with Crippen molar-refractivity contribution in [3.8, 4) is 17.2 Å². The molecule has 0 aliphatic heterocycles. The Hall–Kier alpha value is -3.21. The van der Waals surface area contributed by atoms with E-state index >= 15 is 0 Å². The molecule has 0 amide bonds. The highest BCUT2D eigenvalue weighted by Crippen LogP contribution is 2.36. The minimum atomic E-state index is -0.283. The van der Waals surface area contributed by atoms with Gasteiger partial charge in [0.25, 0.3) is 0 Å². The standard InChI is InChI=1S/C20H18O5/c1-22-18-11-15(20(21)16-9-6-10-24-16)17(12-19(18)23-2)25-13-14-7-4-3-5-8-14/h3-12H,13H2,1-2H3. The van der Waals surface area contributed by atoms with E-state index in [9.17, 15) is 4.79 Å². The molecule has 0 aliphatic carbocycles. The molecule has 3 rings (SSSR count). The molecule has 5 nitrogen and oxygen atoms in total. The first kappa shape index (κ1) is 16.6. The minimum Gasteiger partial charge on any atom is -0.493 e. The van der Waals surface area contributed by atoms with Gasteiger partial charge < -0.3 is 18.6 Å². The summed E-state index contributed by atoms with van der Waals surface area (Å²) < 4.78 is 21.7. The van der Waals surface area contributed by atoms with Gasteiger partial charge in [0, 0.05) is 6.07 Å².